The molecule has 104 valence electrons. The molecule has 2 fully saturated rings. The average molecular weight is 259 g/mol. The van der Waals surface area contributed by atoms with Crippen LogP contribution >= 0.6 is 0 Å². The van der Waals surface area contributed by atoms with Gasteiger partial charge in [0.25, 0.3) is 0 Å². The standard InChI is InChI=1S/C16H25N3/c1-12(17)13-3-5-15(6-4-13)19-10-9-14-7-8-16(11-19)18(14)2/h3-6,12,14,16H,7-11,17H2,1-2H3. The van der Waals surface area contributed by atoms with Crippen LogP contribution in [0.15, 0.2) is 24.3 Å². The molecule has 0 aromatic heterocycles. The Kier molecular flexibility index (Phi) is 3.50. The number of hydrogen-bond donors (Lipinski definition) is 1. The van der Waals surface area contributed by atoms with Crippen molar-refractivity contribution in [3.05, 3.63) is 29.8 Å². The Morgan fingerprint density at radius 1 is 1.11 bits per heavy atom. The van der Waals surface area contributed by atoms with Crippen molar-refractivity contribution in [2.45, 2.75) is 44.3 Å². The number of likely N-dealkylation sites (N-methyl/N-ethyl adjacent to an activating group) is 1. The van der Waals surface area contributed by atoms with Crippen LogP contribution in [0.3, 0.4) is 0 Å². The van der Waals surface area contributed by atoms with Gasteiger partial charge in [-0.2, -0.15) is 0 Å². The number of nitrogens with zero attached hydrogens (tertiary/aromatic N) is 2. The van der Waals surface area contributed by atoms with Crippen LogP contribution in [0, 0.1) is 0 Å². The lowest BCUT2D eigenvalue weighted by molar-refractivity contribution is 0.254. The van der Waals surface area contributed by atoms with Gasteiger partial charge in [0.15, 0.2) is 0 Å². The third kappa shape index (κ3) is 2.49. The molecule has 1 aromatic carbocycles. The highest BCUT2D eigenvalue weighted by molar-refractivity contribution is 5.48. The zero-order chi connectivity index (χ0) is 13.4. The van der Waals surface area contributed by atoms with Gasteiger partial charge in [0, 0.05) is 36.9 Å². The monoisotopic (exact) mass is 259 g/mol. The molecule has 0 amide bonds. The molecule has 1 aromatic rings. The van der Waals surface area contributed by atoms with Gasteiger partial charge in [-0.3, -0.25) is 4.90 Å². The van der Waals surface area contributed by atoms with Gasteiger partial charge < -0.3 is 10.6 Å². The molecule has 2 N–H and O–H groups in total. The molecule has 0 spiro atoms. The molecular formula is C16H25N3. The van der Waals surface area contributed by atoms with Crippen LogP contribution < -0.4 is 10.6 Å². The maximum Gasteiger partial charge on any atom is 0.0366 e. The van der Waals surface area contributed by atoms with E-state index < -0.39 is 0 Å². The van der Waals surface area contributed by atoms with E-state index in [1.165, 1.54) is 43.6 Å². The predicted octanol–water partition coefficient (Wildman–Crippen LogP) is 2.38. The van der Waals surface area contributed by atoms with Crippen LogP contribution in [0.5, 0.6) is 0 Å². The molecule has 2 bridgehead atoms. The molecule has 2 heterocycles. The fourth-order valence-electron chi connectivity index (χ4n) is 3.53. The van der Waals surface area contributed by atoms with Crippen molar-refractivity contribution >= 4 is 5.69 Å². The molecule has 19 heavy (non-hydrogen) atoms. The highest BCUT2D eigenvalue weighted by atomic mass is 15.3. The summed E-state index contributed by atoms with van der Waals surface area (Å²) in [6, 6.07) is 10.5. The summed E-state index contributed by atoms with van der Waals surface area (Å²) < 4.78 is 0. The minimum atomic E-state index is 0.125. The Balaban J connectivity index is 1.75. The highest BCUT2D eigenvalue weighted by Crippen LogP contribution is 2.30. The second-order valence-corrected chi connectivity index (χ2v) is 6.17. The van der Waals surface area contributed by atoms with Crippen LogP contribution in [0.2, 0.25) is 0 Å². The first-order valence-electron chi connectivity index (χ1n) is 7.47. The summed E-state index contributed by atoms with van der Waals surface area (Å²) in [6.07, 6.45) is 4.04. The zero-order valence-corrected chi connectivity index (χ0v) is 12.0. The van der Waals surface area contributed by atoms with E-state index in [0.29, 0.717) is 0 Å². The van der Waals surface area contributed by atoms with Crippen LogP contribution in [-0.2, 0) is 0 Å². The van der Waals surface area contributed by atoms with Crippen LogP contribution in [-0.4, -0.2) is 37.1 Å². The summed E-state index contributed by atoms with van der Waals surface area (Å²) >= 11 is 0. The number of fused-ring (bicyclic) bond motifs is 2. The fraction of sp³-hybridized carbons (Fsp3) is 0.625. The quantitative estimate of drug-likeness (QED) is 0.885. The molecule has 3 heteroatoms. The van der Waals surface area contributed by atoms with Crippen molar-refractivity contribution in [2.24, 2.45) is 5.73 Å². The van der Waals surface area contributed by atoms with Crippen LogP contribution in [0.4, 0.5) is 5.69 Å². The van der Waals surface area contributed by atoms with E-state index in [4.69, 9.17) is 5.73 Å². The maximum absolute atomic E-state index is 5.91. The van der Waals surface area contributed by atoms with Crippen molar-refractivity contribution in [3.63, 3.8) is 0 Å². The third-order valence-electron chi connectivity index (χ3n) is 4.93. The first kappa shape index (κ1) is 12.9. The summed E-state index contributed by atoms with van der Waals surface area (Å²) in [5, 5.41) is 0. The second-order valence-electron chi connectivity index (χ2n) is 6.17. The van der Waals surface area contributed by atoms with E-state index in [9.17, 15) is 0 Å². The zero-order valence-electron chi connectivity index (χ0n) is 12.0. The Labute approximate surface area is 116 Å². The van der Waals surface area contributed by atoms with Gasteiger partial charge in [0.2, 0.25) is 0 Å². The van der Waals surface area contributed by atoms with Gasteiger partial charge >= 0.3 is 0 Å². The van der Waals surface area contributed by atoms with Gasteiger partial charge in [-0.05, 0) is 50.9 Å². The van der Waals surface area contributed by atoms with E-state index >= 15 is 0 Å². The Hall–Kier alpha value is -1.06. The van der Waals surface area contributed by atoms with Gasteiger partial charge in [0.1, 0.15) is 0 Å². The maximum atomic E-state index is 5.91. The molecule has 0 radical (unpaired) electrons. The molecule has 3 atom stereocenters. The van der Waals surface area contributed by atoms with Gasteiger partial charge in [-0.1, -0.05) is 12.1 Å². The van der Waals surface area contributed by atoms with Gasteiger partial charge in [0.05, 0.1) is 0 Å². The van der Waals surface area contributed by atoms with Crippen molar-refractivity contribution in [1.29, 1.82) is 0 Å². The first-order chi connectivity index (χ1) is 9.15. The summed E-state index contributed by atoms with van der Waals surface area (Å²) in [4.78, 5) is 5.14. The van der Waals surface area contributed by atoms with Gasteiger partial charge in [-0.15, -0.1) is 0 Å². The SMILES string of the molecule is CC(N)c1ccc(N2CCC3CCC(C2)N3C)cc1. The van der Waals surface area contributed by atoms with Crippen LogP contribution in [0.1, 0.15) is 37.8 Å². The Bertz CT molecular complexity index is 426. The molecule has 2 aliphatic rings. The van der Waals surface area contributed by atoms with E-state index in [2.05, 4.69) is 41.1 Å². The lowest BCUT2D eigenvalue weighted by atomic mass is 10.1. The molecular weight excluding hydrogens is 234 g/mol. The minimum absolute atomic E-state index is 0.125. The number of benzene rings is 1. The molecule has 0 saturated carbocycles. The molecule has 3 rings (SSSR count). The predicted molar refractivity (Wildman–Crippen MR) is 80.4 cm³/mol. The molecule has 0 aliphatic carbocycles. The summed E-state index contributed by atoms with van der Waals surface area (Å²) in [5.74, 6) is 0. The van der Waals surface area contributed by atoms with E-state index in [0.717, 1.165) is 12.1 Å². The van der Waals surface area contributed by atoms with E-state index in [1.807, 2.05) is 6.92 Å². The lowest BCUT2D eigenvalue weighted by Gasteiger charge is -2.27. The number of rotatable bonds is 2. The summed E-state index contributed by atoms with van der Waals surface area (Å²) in [7, 11) is 2.30. The van der Waals surface area contributed by atoms with E-state index in [-0.39, 0.29) is 6.04 Å². The molecule has 3 nitrogen and oxygen atoms in total. The molecule has 2 aliphatic heterocycles. The largest absolute Gasteiger partial charge is 0.370 e. The topological polar surface area (TPSA) is 32.5 Å². The smallest absolute Gasteiger partial charge is 0.0366 e. The minimum Gasteiger partial charge on any atom is -0.370 e. The molecule has 2 saturated heterocycles. The van der Waals surface area contributed by atoms with Crippen molar-refractivity contribution in [2.75, 3.05) is 25.0 Å². The van der Waals surface area contributed by atoms with Crippen molar-refractivity contribution in [1.82, 2.24) is 4.90 Å². The first-order valence-corrected chi connectivity index (χ1v) is 7.47. The summed E-state index contributed by atoms with van der Waals surface area (Å²) in [5.41, 5.74) is 8.49. The lowest BCUT2D eigenvalue weighted by Crippen LogP contribution is -2.36. The van der Waals surface area contributed by atoms with E-state index in [1.54, 1.807) is 0 Å². The number of nitrogens with two attached hydrogens (primary N) is 1. The third-order valence-corrected chi connectivity index (χ3v) is 4.93. The Morgan fingerprint density at radius 3 is 2.47 bits per heavy atom. The average Bonchev–Trinajstić information content (AvgIpc) is 2.63. The second kappa shape index (κ2) is 5.14. The van der Waals surface area contributed by atoms with Gasteiger partial charge in [-0.25, -0.2) is 0 Å². The van der Waals surface area contributed by atoms with Crippen LogP contribution in [0.25, 0.3) is 0 Å². The Morgan fingerprint density at radius 2 is 1.79 bits per heavy atom. The van der Waals surface area contributed by atoms with Crippen molar-refractivity contribution in [3.8, 4) is 0 Å². The number of anilines is 1. The van der Waals surface area contributed by atoms with Crippen molar-refractivity contribution < 1.29 is 0 Å². The fourth-order valence-corrected chi connectivity index (χ4v) is 3.53. The molecule has 3 unspecified atom stereocenters. The highest BCUT2D eigenvalue weighted by Gasteiger charge is 2.34. The normalized spacial score (nSPS) is 29.3. The summed E-state index contributed by atoms with van der Waals surface area (Å²) in [6.45, 7) is 4.39. The number of hydrogen-bond acceptors (Lipinski definition) is 3.